The second-order valence-electron chi connectivity index (χ2n) is 6.97. The first-order valence-corrected chi connectivity index (χ1v) is 9.42. The van der Waals surface area contributed by atoms with Gasteiger partial charge in [0.05, 0.1) is 18.4 Å². The van der Waals surface area contributed by atoms with Gasteiger partial charge in [-0.1, -0.05) is 0 Å². The van der Waals surface area contributed by atoms with E-state index in [9.17, 15) is 22.8 Å². The molecule has 6 nitrogen and oxygen atoms in total. The normalized spacial score (nSPS) is 15.1. The van der Waals surface area contributed by atoms with Gasteiger partial charge in [0.15, 0.2) is 0 Å². The highest BCUT2D eigenvalue weighted by Gasteiger charge is 2.30. The fourth-order valence-corrected chi connectivity index (χ4v) is 3.20. The van der Waals surface area contributed by atoms with Crippen LogP contribution in [0.2, 0.25) is 0 Å². The summed E-state index contributed by atoms with van der Waals surface area (Å²) in [7, 11) is 1.50. The number of carbonyl (C=O) groups is 2. The Morgan fingerprint density at radius 3 is 2.37 bits per heavy atom. The number of anilines is 3. The Bertz CT molecular complexity index is 929. The first kappa shape index (κ1) is 21.5. The molecule has 0 saturated carbocycles. The number of benzene rings is 2. The predicted octanol–water partition coefficient (Wildman–Crippen LogP) is 4.28. The van der Waals surface area contributed by atoms with Gasteiger partial charge in [-0.15, -0.1) is 0 Å². The zero-order valence-electron chi connectivity index (χ0n) is 16.5. The van der Waals surface area contributed by atoms with Crippen LogP contribution >= 0.6 is 0 Å². The Morgan fingerprint density at radius 1 is 1.13 bits per heavy atom. The van der Waals surface area contributed by atoms with Crippen LogP contribution in [-0.2, 0) is 15.8 Å². The van der Waals surface area contributed by atoms with E-state index in [0.29, 0.717) is 30.1 Å². The second-order valence-corrected chi connectivity index (χ2v) is 6.97. The zero-order chi connectivity index (χ0) is 21.9. The molecule has 0 spiro atoms. The quantitative estimate of drug-likeness (QED) is 0.731. The molecule has 2 aromatic rings. The van der Waals surface area contributed by atoms with E-state index >= 15 is 0 Å². The molecule has 1 saturated heterocycles. The standard InChI is InChI=1S/C21H22F3N3O3/c1-13(20(29)26-15-7-5-14(6-8-15)21(22,23)24)25-16-9-10-17(18(12-16)30-2)27-11-3-4-19(27)28/h5-10,12-13,25H,3-4,11H2,1-2H3,(H,26,29)/t13-/m0/s1. The van der Waals surface area contributed by atoms with Crippen molar-refractivity contribution in [1.82, 2.24) is 0 Å². The Balaban J connectivity index is 1.65. The van der Waals surface area contributed by atoms with E-state index in [1.54, 1.807) is 30.0 Å². The van der Waals surface area contributed by atoms with E-state index in [-0.39, 0.29) is 11.6 Å². The number of halogens is 3. The molecule has 2 N–H and O–H groups in total. The van der Waals surface area contributed by atoms with Gasteiger partial charge in [0.1, 0.15) is 11.8 Å². The topological polar surface area (TPSA) is 70.7 Å². The van der Waals surface area contributed by atoms with Crippen molar-refractivity contribution in [2.75, 3.05) is 29.2 Å². The fourth-order valence-electron chi connectivity index (χ4n) is 3.20. The van der Waals surface area contributed by atoms with Gasteiger partial charge in [-0.2, -0.15) is 13.2 Å². The number of nitrogens with one attached hydrogen (secondary N) is 2. The summed E-state index contributed by atoms with van der Waals surface area (Å²) in [4.78, 5) is 26.0. The molecule has 1 fully saturated rings. The number of alkyl halides is 3. The molecule has 160 valence electrons. The van der Waals surface area contributed by atoms with E-state index in [1.807, 2.05) is 0 Å². The van der Waals surface area contributed by atoms with E-state index in [0.717, 1.165) is 18.6 Å². The van der Waals surface area contributed by atoms with Crippen LogP contribution in [0.1, 0.15) is 25.3 Å². The van der Waals surface area contributed by atoms with Gasteiger partial charge in [-0.25, -0.2) is 0 Å². The van der Waals surface area contributed by atoms with Crippen LogP contribution < -0.4 is 20.3 Å². The number of hydrogen-bond donors (Lipinski definition) is 2. The smallest absolute Gasteiger partial charge is 0.416 e. The Hall–Kier alpha value is -3.23. The summed E-state index contributed by atoms with van der Waals surface area (Å²) < 4.78 is 43.3. The van der Waals surface area contributed by atoms with E-state index in [1.165, 1.54) is 19.2 Å². The summed E-state index contributed by atoms with van der Waals surface area (Å²) >= 11 is 0. The largest absolute Gasteiger partial charge is 0.494 e. The van der Waals surface area contributed by atoms with Crippen molar-refractivity contribution in [2.45, 2.75) is 32.0 Å². The van der Waals surface area contributed by atoms with Crippen LogP contribution in [0.3, 0.4) is 0 Å². The minimum absolute atomic E-state index is 0.0401. The lowest BCUT2D eigenvalue weighted by molar-refractivity contribution is -0.137. The number of rotatable bonds is 6. The maximum Gasteiger partial charge on any atom is 0.416 e. The SMILES string of the molecule is COc1cc(N[C@@H](C)C(=O)Nc2ccc(C(F)(F)F)cc2)ccc1N1CCCC1=O. The summed E-state index contributed by atoms with van der Waals surface area (Å²) in [5.41, 5.74) is 0.766. The van der Waals surface area contributed by atoms with Crippen LogP contribution in [0.15, 0.2) is 42.5 Å². The van der Waals surface area contributed by atoms with Gasteiger partial charge in [-0.3, -0.25) is 9.59 Å². The third-order valence-electron chi connectivity index (χ3n) is 4.80. The molecule has 0 aromatic heterocycles. The average Bonchev–Trinajstić information content (AvgIpc) is 3.13. The van der Waals surface area contributed by atoms with Crippen molar-refractivity contribution in [3.63, 3.8) is 0 Å². The summed E-state index contributed by atoms with van der Waals surface area (Å²) in [6.45, 7) is 2.26. The summed E-state index contributed by atoms with van der Waals surface area (Å²) in [5, 5.41) is 5.60. The number of amides is 2. The molecule has 1 atom stereocenters. The van der Waals surface area contributed by atoms with Gasteiger partial charge in [0, 0.05) is 30.4 Å². The number of ether oxygens (including phenoxy) is 1. The molecule has 1 aliphatic rings. The van der Waals surface area contributed by atoms with Crippen LogP contribution in [0, 0.1) is 0 Å². The Labute approximate surface area is 172 Å². The molecule has 1 aliphatic heterocycles. The van der Waals surface area contributed by atoms with E-state index in [2.05, 4.69) is 10.6 Å². The lowest BCUT2D eigenvalue weighted by Gasteiger charge is -2.21. The minimum atomic E-state index is -4.43. The lowest BCUT2D eigenvalue weighted by atomic mass is 10.2. The summed E-state index contributed by atoms with van der Waals surface area (Å²) in [6.07, 6.45) is -3.13. The molecule has 0 radical (unpaired) electrons. The van der Waals surface area contributed by atoms with Crippen molar-refractivity contribution in [3.05, 3.63) is 48.0 Å². The van der Waals surface area contributed by atoms with Crippen molar-refractivity contribution < 1.29 is 27.5 Å². The molecular weight excluding hydrogens is 399 g/mol. The van der Waals surface area contributed by atoms with E-state index in [4.69, 9.17) is 4.74 Å². The van der Waals surface area contributed by atoms with Gasteiger partial charge in [-0.05, 0) is 49.7 Å². The van der Waals surface area contributed by atoms with Gasteiger partial charge < -0.3 is 20.3 Å². The third-order valence-corrected chi connectivity index (χ3v) is 4.80. The molecular formula is C21H22F3N3O3. The lowest BCUT2D eigenvalue weighted by Crippen LogP contribution is -2.32. The summed E-state index contributed by atoms with van der Waals surface area (Å²) in [5.74, 6) is 0.136. The highest BCUT2D eigenvalue weighted by Crippen LogP contribution is 2.34. The maximum atomic E-state index is 12.6. The average molecular weight is 421 g/mol. The Kier molecular flexibility index (Phi) is 6.19. The Morgan fingerprint density at radius 2 is 1.80 bits per heavy atom. The number of carbonyl (C=O) groups excluding carboxylic acids is 2. The molecule has 3 rings (SSSR count). The van der Waals surface area contributed by atoms with Crippen LogP contribution in [0.5, 0.6) is 5.75 Å². The molecule has 30 heavy (non-hydrogen) atoms. The predicted molar refractivity (Wildman–Crippen MR) is 108 cm³/mol. The molecule has 9 heteroatoms. The van der Waals surface area contributed by atoms with Gasteiger partial charge >= 0.3 is 6.18 Å². The minimum Gasteiger partial charge on any atom is -0.494 e. The van der Waals surface area contributed by atoms with Crippen molar-refractivity contribution in [1.29, 1.82) is 0 Å². The van der Waals surface area contributed by atoms with Crippen molar-refractivity contribution >= 4 is 28.9 Å². The number of nitrogens with zero attached hydrogens (tertiary/aromatic N) is 1. The molecule has 2 amide bonds. The second kappa shape index (κ2) is 8.64. The molecule has 0 unspecified atom stereocenters. The van der Waals surface area contributed by atoms with Crippen LogP contribution in [-0.4, -0.2) is 31.5 Å². The van der Waals surface area contributed by atoms with Crippen molar-refractivity contribution in [3.8, 4) is 5.75 Å². The number of hydrogen-bond acceptors (Lipinski definition) is 4. The van der Waals surface area contributed by atoms with Gasteiger partial charge in [0.2, 0.25) is 11.8 Å². The molecule has 2 aromatic carbocycles. The monoisotopic (exact) mass is 421 g/mol. The summed E-state index contributed by atoms with van der Waals surface area (Å²) in [6, 6.07) is 8.76. The highest BCUT2D eigenvalue weighted by atomic mass is 19.4. The van der Waals surface area contributed by atoms with E-state index < -0.39 is 23.7 Å². The van der Waals surface area contributed by atoms with Crippen LogP contribution in [0.25, 0.3) is 0 Å². The first-order valence-electron chi connectivity index (χ1n) is 9.42. The third kappa shape index (κ3) is 4.84. The number of methoxy groups -OCH3 is 1. The van der Waals surface area contributed by atoms with Crippen LogP contribution in [0.4, 0.5) is 30.2 Å². The zero-order valence-corrected chi connectivity index (χ0v) is 16.5. The molecule has 0 bridgehead atoms. The van der Waals surface area contributed by atoms with Crippen molar-refractivity contribution in [2.24, 2.45) is 0 Å². The highest BCUT2D eigenvalue weighted by molar-refractivity contribution is 5.98. The molecule has 0 aliphatic carbocycles. The fraction of sp³-hybridized carbons (Fsp3) is 0.333. The maximum absolute atomic E-state index is 12.6. The van der Waals surface area contributed by atoms with Gasteiger partial charge in [0.25, 0.3) is 0 Å². The molecule has 1 heterocycles. The first-order chi connectivity index (χ1) is 14.2.